The van der Waals surface area contributed by atoms with Gasteiger partial charge in [0, 0.05) is 11.9 Å². The normalized spacial score (nSPS) is 11.4. The smallest absolute Gasteiger partial charge is 0.236 e. The lowest BCUT2D eigenvalue weighted by atomic mass is 10.1. The molecule has 20 heavy (non-hydrogen) atoms. The molecule has 0 aromatic carbocycles. The van der Waals surface area contributed by atoms with E-state index in [1.165, 1.54) is 18.0 Å². The number of pyridine rings is 1. The van der Waals surface area contributed by atoms with Crippen LogP contribution in [-0.2, 0) is 0 Å². The Morgan fingerprint density at radius 1 is 1.30 bits per heavy atom. The minimum Gasteiger partial charge on any atom is -0.410 e. The van der Waals surface area contributed by atoms with Gasteiger partial charge in [0.1, 0.15) is 5.69 Å². The Kier molecular flexibility index (Phi) is 4.41. The summed E-state index contributed by atoms with van der Waals surface area (Å²) in [6.07, 6.45) is 3.36. The van der Waals surface area contributed by atoms with Crippen molar-refractivity contribution in [3.05, 3.63) is 47.7 Å². The fourth-order valence-electron chi connectivity index (χ4n) is 1.55. The maximum atomic E-state index is 12.3. The molecular formula is C13H12N4O2S. The molecule has 6 nitrogen and oxygen atoms in total. The molecule has 0 aliphatic rings. The summed E-state index contributed by atoms with van der Waals surface area (Å²) in [5.41, 5.74) is 0.668. The molecule has 0 atom stereocenters. The molecule has 0 bridgehead atoms. The van der Waals surface area contributed by atoms with Crippen molar-refractivity contribution in [2.75, 3.05) is 6.26 Å². The van der Waals surface area contributed by atoms with Crippen LogP contribution < -0.4 is 0 Å². The van der Waals surface area contributed by atoms with Crippen LogP contribution in [0.4, 0.5) is 0 Å². The number of hydrogen-bond acceptors (Lipinski definition) is 7. The molecular weight excluding hydrogens is 276 g/mol. The van der Waals surface area contributed by atoms with Crippen LogP contribution in [0.2, 0.25) is 0 Å². The molecule has 0 amide bonds. The molecule has 0 aliphatic heterocycles. The van der Waals surface area contributed by atoms with Gasteiger partial charge in [0.15, 0.2) is 11.5 Å². The maximum Gasteiger partial charge on any atom is 0.236 e. The SMILES string of the molecule is CSc1ccnc(C(=NO)C(=O)c2cccc(C)n2)n1. The lowest BCUT2D eigenvalue weighted by Crippen LogP contribution is -2.20. The van der Waals surface area contributed by atoms with Gasteiger partial charge >= 0.3 is 0 Å². The van der Waals surface area contributed by atoms with Crippen molar-refractivity contribution in [1.29, 1.82) is 0 Å². The van der Waals surface area contributed by atoms with E-state index in [2.05, 4.69) is 20.1 Å². The van der Waals surface area contributed by atoms with Crippen LogP contribution in [-0.4, -0.2) is 37.9 Å². The Hall–Kier alpha value is -2.28. The fraction of sp³-hybridized carbons (Fsp3) is 0.154. The van der Waals surface area contributed by atoms with E-state index in [1.54, 1.807) is 31.2 Å². The highest BCUT2D eigenvalue weighted by Crippen LogP contribution is 2.11. The van der Waals surface area contributed by atoms with Crippen molar-refractivity contribution in [2.45, 2.75) is 11.9 Å². The van der Waals surface area contributed by atoms with E-state index in [4.69, 9.17) is 5.21 Å². The lowest BCUT2D eigenvalue weighted by Gasteiger charge is -2.04. The van der Waals surface area contributed by atoms with E-state index in [0.717, 1.165) is 0 Å². The van der Waals surface area contributed by atoms with E-state index in [-0.39, 0.29) is 17.2 Å². The summed E-state index contributed by atoms with van der Waals surface area (Å²) in [5.74, 6) is -0.442. The van der Waals surface area contributed by atoms with E-state index >= 15 is 0 Å². The Balaban J connectivity index is 2.40. The number of hydrogen-bond donors (Lipinski definition) is 1. The van der Waals surface area contributed by atoms with Gasteiger partial charge in [0.25, 0.3) is 0 Å². The highest BCUT2D eigenvalue weighted by molar-refractivity contribution is 7.98. The molecule has 2 aromatic heterocycles. The van der Waals surface area contributed by atoms with Crippen LogP contribution in [0.3, 0.4) is 0 Å². The van der Waals surface area contributed by atoms with Crippen molar-refractivity contribution in [2.24, 2.45) is 5.16 Å². The highest BCUT2D eigenvalue weighted by atomic mass is 32.2. The molecule has 0 spiro atoms. The number of ketones is 1. The first kappa shape index (κ1) is 14.1. The maximum absolute atomic E-state index is 12.3. The van der Waals surface area contributed by atoms with Crippen LogP contribution in [0.1, 0.15) is 22.0 Å². The lowest BCUT2D eigenvalue weighted by molar-refractivity contribution is 0.105. The minimum absolute atomic E-state index is 0.0765. The molecule has 0 radical (unpaired) electrons. The summed E-state index contributed by atoms with van der Waals surface area (Å²) < 4.78 is 0. The second-order valence-corrected chi connectivity index (χ2v) is 4.69. The molecule has 0 aliphatic carbocycles. The average molecular weight is 288 g/mol. The number of aromatic nitrogens is 3. The Labute approximate surface area is 120 Å². The summed E-state index contributed by atoms with van der Waals surface area (Å²) in [6.45, 7) is 1.78. The fourth-order valence-corrected chi connectivity index (χ4v) is 1.93. The van der Waals surface area contributed by atoms with E-state index in [0.29, 0.717) is 10.7 Å². The van der Waals surface area contributed by atoms with Gasteiger partial charge in [-0.3, -0.25) is 4.79 Å². The van der Waals surface area contributed by atoms with Gasteiger partial charge < -0.3 is 5.21 Å². The largest absolute Gasteiger partial charge is 0.410 e. The van der Waals surface area contributed by atoms with Crippen molar-refractivity contribution in [1.82, 2.24) is 15.0 Å². The number of oxime groups is 1. The van der Waals surface area contributed by atoms with E-state index in [1.807, 2.05) is 6.26 Å². The number of thioether (sulfide) groups is 1. The van der Waals surface area contributed by atoms with Gasteiger partial charge in [-0.05, 0) is 31.4 Å². The molecule has 1 N–H and O–H groups in total. The molecule has 2 heterocycles. The number of nitrogens with zero attached hydrogens (tertiary/aromatic N) is 4. The van der Waals surface area contributed by atoms with Crippen molar-refractivity contribution >= 4 is 23.3 Å². The van der Waals surface area contributed by atoms with Crippen LogP contribution in [0.25, 0.3) is 0 Å². The molecule has 2 aromatic rings. The molecule has 0 unspecified atom stereocenters. The first-order valence-electron chi connectivity index (χ1n) is 5.73. The zero-order valence-corrected chi connectivity index (χ0v) is 11.8. The Morgan fingerprint density at radius 2 is 2.10 bits per heavy atom. The highest BCUT2D eigenvalue weighted by Gasteiger charge is 2.21. The zero-order valence-electron chi connectivity index (χ0n) is 10.9. The summed E-state index contributed by atoms with van der Waals surface area (Å²) in [5, 5.41) is 12.8. The summed E-state index contributed by atoms with van der Waals surface area (Å²) in [7, 11) is 0. The topological polar surface area (TPSA) is 88.3 Å². The number of Topliss-reactive ketones (excluding diaryl/α,β-unsaturated/α-hetero) is 1. The third-order valence-electron chi connectivity index (χ3n) is 2.49. The van der Waals surface area contributed by atoms with Gasteiger partial charge in [0.05, 0.1) is 5.03 Å². The predicted octanol–water partition coefficient (Wildman–Crippen LogP) is 1.96. The van der Waals surface area contributed by atoms with Gasteiger partial charge in [-0.15, -0.1) is 11.8 Å². The van der Waals surface area contributed by atoms with Gasteiger partial charge in [-0.1, -0.05) is 11.2 Å². The molecule has 0 fully saturated rings. The van der Waals surface area contributed by atoms with Crippen molar-refractivity contribution in [3.63, 3.8) is 0 Å². The van der Waals surface area contributed by atoms with Gasteiger partial charge in [-0.25, -0.2) is 15.0 Å². The quantitative estimate of drug-likeness (QED) is 0.231. The van der Waals surface area contributed by atoms with Crippen molar-refractivity contribution in [3.8, 4) is 0 Å². The number of carbonyl (C=O) groups excluding carboxylic acids is 1. The summed E-state index contributed by atoms with van der Waals surface area (Å²) in [4.78, 5) is 24.5. The number of aryl methyl sites for hydroxylation is 1. The summed E-state index contributed by atoms with van der Waals surface area (Å²) >= 11 is 1.41. The second kappa shape index (κ2) is 6.25. The van der Waals surface area contributed by atoms with Crippen LogP contribution in [0, 0.1) is 6.92 Å². The Bertz CT molecular complexity index is 673. The monoisotopic (exact) mass is 288 g/mol. The van der Waals surface area contributed by atoms with Crippen LogP contribution in [0.5, 0.6) is 0 Å². The molecule has 0 saturated heterocycles. The third-order valence-corrected chi connectivity index (χ3v) is 3.13. The van der Waals surface area contributed by atoms with Gasteiger partial charge in [-0.2, -0.15) is 0 Å². The standard InChI is InChI=1S/C13H12N4O2S/c1-8-4-3-5-9(15-8)12(18)11(17-19)13-14-7-6-10(16-13)20-2/h3-7,19H,1-2H3. The molecule has 102 valence electrons. The predicted molar refractivity (Wildman–Crippen MR) is 75.4 cm³/mol. The number of carbonyl (C=O) groups is 1. The molecule has 0 saturated carbocycles. The number of rotatable bonds is 4. The van der Waals surface area contributed by atoms with Crippen LogP contribution in [0.15, 0.2) is 40.6 Å². The molecule has 2 rings (SSSR count). The molecule has 7 heteroatoms. The van der Waals surface area contributed by atoms with Gasteiger partial charge in [0.2, 0.25) is 5.78 Å². The average Bonchev–Trinajstić information content (AvgIpc) is 2.48. The van der Waals surface area contributed by atoms with E-state index < -0.39 is 5.78 Å². The van der Waals surface area contributed by atoms with Crippen molar-refractivity contribution < 1.29 is 10.0 Å². The zero-order chi connectivity index (χ0) is 14.5. The van der Waals surface area contributed by atoms with E-state index in [9.17, 15) is 4.79 Å². The van der Waals surface area contributed by atoms with Crippen LogP contribution >= 0.6 is 11.8 Å². The third kappa shape index (κ3) is 3.00. The first-order chi connectivity index (χ1) is 9.65. The first-order valence-corrected chi connectivity index (χ1v) is 6.96. The minimum atomic E-state index is -0.519. The summed E-state index contributed by atoms with van der Waals surface area (Å²) in [6, 6.07) is 6.75. The Morgan fingerprint density at radius 3 is 2.75 bits per heavy atom. The second-order valence-electron chi connectivity index (χ2n) is 3.86.